The zero-order valence-electron chi connectivity index (χ0n) is 16.5. The van der Waals surface area contributed by atoms with Gasteiger partial charge in [0.15, 0.2) is 0 Å². The summed E-state index contributed by atoms with van der Waals surface area (Å²) in [5.74, 6) is 0.0999. The van der Waals surface area contributed by atoms with Gasteiger partial charge in [0.25, 0.3) is 0 Å². The van der Waals surface area contributed by atoms with Gasteiger partial charge in [-0.3, -0.25) is 9.59 Å². The molecule has 0 saturated carbocycles. The number of halogens is 1. The lowest BCUT2D eigenvalue weighted by Crippen LogP contribution is -2.42. The SMILES string of the molecule is COC(=O)CCCC(=O)N(C)C[C@@H]1CCCN(CCc2ccccc2F)C1. The maximum atomic E-state index is 13.8. The van der Waals surface area contributed by atoms with Crippen LogP contribution in [0.15, 0.2) is 24.3 Å². The number of amides is 1. The zero-order chi connectivity index (χ0) is 19.6. The third kappa shape index (κ3) is 7.29. The number of hydrogen-bond acceptors (Lipinski definition) is 4. The van der Waals surface area contributed by atoms with E-state index in [0.29, 0.717) is 25.2 Å². The van der Waals surface area contributed by atoms with Crippen molar-refractivity contribution in [3.8, 4) is 0 Å². The van der Waals surface area contributed by atoms with Crippen LogP contribution in [0, 0.1) is 11.7 Å². The Morgan fingerprint density at radius 1 is 1.30 bits per heavy atom. The van der Waals surface area contributed by atoms with Crippen LogP contribution in [0.25, 0.3) is 0 Å². The fraction of sp³-hybridized carbons (Fsp3) is 0.619. The first-order valence-electron chi connectivity index (χ1n) is 9.76. The fourth-order valence-electron chi connectivity index (χ4n) is 3.65. The molecule has 1 aliphatic heterocycles. The molecule has 0 unspecified atom stereocenters. The first kappa shape index (κ1) is 21.4. The number of ether oxygens (including phenoxy) is 1. The monoisotopic (exact) mass is 378 g/mol. The Bertz CT molecular complexity index is 623. The summed E-state index contributed by atoms with van der Waals surface area (Å²) >= 11 is 0. The van der Waals surface area contributed by atoms with Crippen molar-refractivity contribution < 1.29 is 18.7 Å². The fourth-order valence-corrected chi connectivity index (χ4v) is 3.65. The molecule has 2 rings (SSSR count). The molecule has 0 aliphatic carbocycles. The minimum atomic E-state index is -0.275. The minimum Gasteiger partial charge on any atom is -0.469 e. The van der Waals surface area contributed by atoms with Crippen molar-refractivity contribution in [1.29, 1.82) is 0 Å². The lowest BCUT2D eigenvalue weighted by molar-refractivity contribution is -0.140. The van der Waals surface area contributed by atoms with Crippen molar-refractivity contribution in [2.75, 3.05) is 40.3 Å². The first-order valence-corrected chi connectivity index (χ1v) is 9.76. The largest absolute Gasteiger partial charge is 0.469 e. The lowest BCUT2D eigenvalue weighted by Gasteiger charge is -2.34. The number of piperidine rings is 1. The van der Waals surface area contributed by atoms with E-state index >= 15 is 0 Å². The van der Waals surface area contributed by atoms with Crippen LogP contribution in [0.3, 0.4) is 0 Å². The molecule has 0 bridgehead atoms. The summed E-state index contributed by atoms with van der Waals surface area (Å²) in [6, 6.07) is 6.94. The predicted molar refractivity (Wildman–Crippen MR) is 103 cm³/mol. The molecule has 1 atom stereocenters. The van der Waals surface area contributed by atoms with E-state index in [9.17, 15) is 14.0 Å². The molecule has 1 aliphatic rings. The van der Waals surface area contributed by atoms with Gasteiger partial charge in [-0.1, -0.05) is 18.2 Å². The van der Waals surface area contributed by atoms with Crippen LogP contribution in [0.5, 0.6) is 0 Å². The van der Waals surface area contributed by atoms with Gasteiger partial charge in [-0.25, -0.2) is 4.39 Å². The molecule has 1 saturated heterocycles. The van der Waals surface area contributed by atoms with E-state index < -0.39 is 0 Å². The average molecular weight is 378 g/mol. The molecule has 0 N–H and O–H groups in total. The van der Waals surface area contributed by atoms with Crippen molar-refractivity contribution in [3.63, 3.8) is 0 Å². The first-order chi connectivity index (χ1) is 13.0. The minimum absolute atomic E-state index is 0.0717. The maximum Gasteiger partial charge on any atom is 0.305 e. The van der Waals surface area contributed by atoms with Gasteiger partial charge in [0.2, 0.25) is 5.91 Å². The standard InChI is InChI=1S/C21H31FN2O3/c1-23(20(25)10-5-11-21(26)27-2)15-17-7-6-13-24(16-17)14-12-18-8-3-4-9-19(18)22/h3-4,8-9,17H,5-7,10-16H2,1-2H3/t17-/m0/s1. The normalized spacial score (nSPS) is 17.5. The van der Waals surface area contributed by atoms with E-state index in [1.54, 1.807) is 11.0 Å². The molecular weight excluding hydrogens is 347 g/mol. The predicted octanol–water partition coefficient (Wildman–Crippen LogP) is 2.88. The molecule has 1 aromatic rings. The van der Waals surface area contributed by atoms with Crippen LogP contribution in [0.4, 0.5) is 4.39 Å². The molecule has 27 heavy (non-hydrogen) atoms. The Labute approximate surface area is 161 Å². The lowest BCUT2D eigenvalue weighted by atomic mass is 9.97. The molecule has 5 nitrogen and oxygen atoms in total. The number of likely N-dealkylation sites (tertiary alicyclic amines) is 1. The Morgan fingerprint density at radius 2 is 2.07 bits per heavy atom. The Kier molecular flexibility index (Phi) is 8.72. The second kappa shape index (κ2) is 11.0. The van der Waals surface area contributed by atoms with Gasteiger partial charge < -0.3 is 14.5 Å². The highest BCUT2D eigenvalue weighted by molar-refractivity contribution is 5.77. The third-order valence-corrected chi connectivity index (χ3v) is 5.22. The van der Waals surface area contributed by atoms with Crippen molar-refractivity contribution in [2.24, 2.45) is 5.92 Å². The molecule has 0 radical (unpaired) electrons. The van der Waals surface area contributed by atoms with E-state index in [-0.39, 0.29) is 24.1 Å². The van der Waals surface area contributed by atoms with Crippen LogP contribution < -0.4 is 0 Å². The summed E-state index contributed by atoms with van der Waals surface area (Å²) in [5.41, 5.74) is 0.762. The summed E-state index contributed by atoms with van der Waals surface area (Å²) in [6.07, 6.45) is 4.10. The molecule has 0 spiro atoms. The van der Waals surface area contributed by atoms with Crippen LogP contribution in [0.1, 0.15) is 37.7 Å². The Morgan fingerprint density at radius 3 is 2.81 bits per heavy atom. The van der Waals surface area contributed by atoms with Crippen molar-refractivity contribution >= 4 is 11.9 Å². The summed E-state index contributed by atoms with van der Waals surface area (Å²) in [7, 11) is 3.19. The van der Waals surface area contributed by atoms with E-state index in [1.807, 2.05) is 19.2 Å². The highest BCUT2D eigenvalue weighted by Gasteiger charge is 2.22. The van der Waals surface area contributed by atoms with Crippen LogP contribution >= 0.6 is 0 Å². The molecule has 1 aromatic carbocycles. The number of rotatable bonds is 9. The van der Waals surface area contributed by atoms with Crippen molar-refractivity contribution in [3.05, 3.63) is 35.6 Å². The van der Waals surface area contributed by atoms with Crippen molar-refractivity contribution in [1.82, 2.24) is 9.80 Å². The highest BCUT2D eigenvalue weighted by Crippen LogP contribution is 2.19. The maximum absolute atomic E-state index is 13.8. The summed E-state index contributed by atoms with van der Waals surface area (Å²) in [5, 5.41) is 0. The van der Waals surface area contributed by atoms with Crippen LogP contribution in [-0.4, -0.2) is 62.0 Å². The molecule has 0 aromatic heterocycles. The van der Waals surface area contributed by atoms with Crippen molar-refractivity contribution in [2.45, 2.75) is 38.5 Å². The van der Waals surface area contributed by atoms with Gasteiger partial charge in [-0.2, -0.15) is 0 Å². The van der Waals surface area contributed by atoms with Crippen LogP contribution in [-0.2, 0) is 20.7 Å². The topological polar surface area (TPSA) is 49.9 Å². The number of hydrogen-bond donors (Lipinski definition) is 0. The van der Waals surface area contributed by atoms with E-state index in [4.69, 9.17) is 0 Å². The number of methoxy groups -OCH3 is 1. The van der Waals surface area contributed by atoms with Crippen LogP contribution in [0.2, 0.25) is 0 Å². The molecular formula is C21H31FN2O3. The van der Waals surface area contributed by atoms with Gasteiger partial charge in [0.05, 0.1) is 7.11 Å². The van der Waals surface area contributed by atoms with Gasteiger partial charge in [0, 0.05) is 39.5 Å². The molecule has 150 valence electrons. The summed E-state index contributed by atoms with van der Waals surface area (Å²) < 4.78 is 18.4. The van der Waals surface area contributed by atoms with Gasteiger partial charge in [0.1, 0.15) is 5.82 Å². The highest BCUT2D eigenvalue weighted by atomic mass is 19.1. The zero-order valence-corrected chi connectivity index (χ0v) is 16.5. The number of carbonyl (C=O) groups excluding carboxylic acids is 2. The summed E-state index contributed by atoms with van der Waals surface area (Å²) in [4.78, 5) is 27.5. The van der Waals surface area contributed by atoms with E-state index in [1.165, 1.54) is 13.2 Å². The van der Waals surface area contributed by atoms with E-state index in [2.05, 4.69) is 9.64 Å². The average Bonchev–Trinajstić information content (AvgIpc) is 2.67. The van der Waals surface area contributed by atoms with E-state index in [0.717, 1.165) is 44.6 Å². The molecule has 1 amide bonds. The number of esters is 1. The second-order valence-electron chi connectivity index (χ2n) is 7.35. The third-order valence-electron chi connectivity index (χ3n) is 5.22. The molecule has 6 heteroatoms. The molecule has 1 fully saturated rings. The molecule has 1 heterocycles. The number of benzene rings is 1. The number of nitrogens with zero attached hydrogens (tertiary/aromatic N) is 2. The Hall–Kier alpha value is -1.95. The second-order valence-corrected chi connectivity index (χ2v) is 7.35. The summed E-state index contributed by atoms with van der Waals surface area (Å²) in [6.45, 7) is 3.54. The smallest absolute Gasteiger partial charge is 0.305 e. The van der Waals surface area contributed by atoms with Gasteiger partial charge in [-0.05, 0) is 49.8 Å². The quantitative estimate of drug-likeness (QED) is 0.620. The Balaban J connectivity index is 1.72. The van der Waals surface area contributed by atoms with Gasteiger partial charge >= 0.3 is 5.97 Å². The van der Waals surface area contributed by atoms with Gasteiger partial charge in [-0.15, -0.1) is 0 Å². The number of carbonyl (C=O) groups is 2.